The van der Waals surface area contributed by atoms with Gasteiger partial charge >= 0.3 is 0 Å². The van der Waals surface area contributed by atoms with Crippen LogP contribution in [0.3, 0.4) is 0 Å². The van der Waals surface area contributed by atoms with Crippen molar-refractivity contribution in [2.75, 3.05) is 44.7 Å². The van der Waals surface area contributed by atoms with Crippen LogP contribution in [0.25, 0.3) is 0 Å². The van der Waals surface area contributed by atoms with Gasteiger partial charge in [-0.25, -0.2) is 0 Å². The van der Waals surface area contributed by atoms with Crippen molar-refractivity contribution >= 4 is 5.95 Å². The van der Waals surface area contributed by atoms with E-state index in [2.05, 4.69) is 46.2 Å². The monoisotopic (exact) mass is 267 g/mol. The zero-order valence-corrected chi connectivity index (χ0v) is 12.2. The molecule has 0 spiro atoms. The lowest BCUT2D eigenvalue weighted by Crippen LogP contribution is -2.44. The second-order valence-electron chi connectivity index (χ2n) is 5.49. The number of nitrogens with zero attached hydrogens (tertiary/aromatic N) is 4. The molecule has 0 radical (unpaired) electrons. The number of rotatable bonds is 6. The summed E-state index contributed by atoms with van der Waals surface area (Å²) < 4.78 is 5.31. The maximum absolute atomic E-state index is 5.31. The van der Waals surface area contributed by atoms with Crippen LogP contribution in [0, 0.1) is 0 Å². The van der Waals surface area contributed by atoms with Gasteiger partial charge in [-0.05, 0) is 25.2 Å². The molecule has 1 aromatic heterocycles. The topological polar surface area (TPSA) is 57.4 Å². The lowest BCUT2D eigenvalue weighted by molar-refractivity contribution is 0.308. The second kappa shape index (κ2) is 6.86. The summed E-state index contributed by atoms with van der Waals surface area (Å²) in [5, 5.41) is 7.46. The summed E-state index contributed by atoms with van der Waals surface area (Å²) in [6.07, 6.45) is 1.88. The van der Waals surface area contributed by atoms with Gasteiger partial charge in [-0.2, -0.15) is 4.98 Å². The molecule has 1 aliphatic heterocycles. The minimum absolute atomic E-state index is 0.531. The van der Waals surface area contributed by atoms with Gasteiger partial charge in [-0.15, -0.1) is 0 Å². The van der Waals surface area contributed by atoms with Gasteiger partial charge in [-0.1, -0.05) is 13.8 Å². The molecule has 1 N–H and O–H groups in total. The van der Waals surface area contributed by atoms with E-state index >= 15 is 0 Å². The van der Waals surface area contributed by atoms with Gasteiger partial charge in [0.2, 0.25) is 5.89 Å². The van der Waals surface area contributed by atoms with E-state index < -0.39 is 0 Å². The SMILES string of the molecule is CC(C)NCCCc1nc(N2CCN(C)CC2)no1. The highest BCUT2D eigenvalue weighted by Gasteiger charge is 2.18. The van der Waals surface area contributed by atoms with Crippen molar-refractivity contribution in [3.8, 4) is 0 Å². The maximum atomic E-state index is 5.31. The lowest BCUT2D eigenvalue weighted by Gasteiger charge is -2.31. The van der Waals surface area contributed by atoms with Gasteiger partial charge in [0, 0.05) is 38.6 Å². The number of aryl methyl sites for hydroxylation is 1. The van der Waals surface area contributed by atoms with Crippen LogP contribution in [-0.2, 0) is 6.42 Å². The van der Waals surface area contributed by atoms with Crippen molar-refractivity contribution in [2.24, 2.45) is 0 Å². The summed E-state index contributed by atoms with van der Waals surface area (Å²) in [7, 11) is 2.14. The van der Waals surface area contributed by atoms with Crippen LogP contribution in [0.1, 0.15) is 26.2 Å². The molecular weight excluding hydrogens is 242 g/mol. The van der Waals surface area contributed by atoms with Crippen molar-refractivity contribution in [3.05, 3.63) is 5.89 Å². The first-order valence-electron chi connectivity index (χ1n) is 7.14. The minimum Gasteiger partial charge on any atom is -0.337 e. The minimum atomic E-state index is 0.531. The summed E-state index contributed by atoms with van der Waals surface area (Å²) in [5.41, 5.74) is 0. The third-order valence-corrected chi connectivity index (χ3v) is 3.36. The number of aromatic nitrogens is 2. The van der Waals surface area contributed by atoms with Crippen LogP contribution in [0.15, 0.2) is 4.52 Å². The highest BCUT2D eigenvalue weighted by Crippen LogP contribution is 2.12. The van der Waals surface area contributed by atoms with Crippen LogP contribution in [0.4, 0.5) is 5.95 Å². The molecule has 0 bridgehead atoms. The molecule has 0 saturated carbocycles. The third kappa shape index (κ3) is 4.47. The quantitative estimate of drug-likeness (QED) is 0.768. The van der Waals surface area contributed by atoms with Crippen molar-refractivity contribution in [1.29, 1.82) is 0 Å². The van der Waals surface area contributed by atoms with Crippen LogP contribution >= 0.6 is 0 Å². The molecule has 2 rings (SSSR count). The molecule has 19 heavy (non-hydrogen) atoms. The van der Waals surface area contributed by atoms with Gasteiger partial charge in [0.15, 0.2) is 0 Å². The van der Waals surface area contributed by atoms with Crippen molar-refractivity contribution in [3.63, 3.8) is 0 Å². The van der Waals surface area contributed by atoms with Gasteiger partial charge < -0.3 is 19.6 Å². The Bertz CT molecular complexity index is 371. The predicted molar refractivity (Wildman–Crippen MR) is 75.5 cm³/mol. The van der Waals surface area contributed by atoms with Crippen molar-refractivity contribution < 1.29 is 4.52 Å². The Morgan fingerprint density at radius 2 is 2.00 bits per heavy atom. The van der Waals surface area contributed by atoms with E-state index in [1.165, 1.54) is 0 Å². The molecule has 1 aromatic rings. The molecule has 6 nitrogen and oxygen atoms in total. The fraction of sp³-hybridized carbons (Fsp3) is 0.846. The van der Waals surface area contributed by atoms with Gasteiger partial charge in [0.05, 0.1) is 0 Å². The van der Waals surface area contributed by atoms with Gasteiger partial charge in [-0.3, -0.25) is 0 Å². The standard InChI is InChI=1S/C13H25N5O/c1-11(2)14-6-4-5-12-15-13(16-19-12)18-9-7-17(3)8-10-18/h11,14H,4-10H2,1-3H3. The average Bonchev–Trinajstić information content (AvgIpc) is 2.84. The fourth-order valence-electron chi connectivity index (χ4n) is 2.11. The highest BCUT2D eigenvalue weighted by atomic mass is 16.5. The van der Waals surface area contributed by atoms with Gasteiger partial charge in [0.1, 0.15) is 0 Å². The van der Waals surface area contributed by atoms with E-state index in [9.17, 15) is 0 Å². The first-order valence-corrected chi connectivity index (χ1v) is 7.14. The Hall–Kier alpha value is -1.14. The smallest absolute Gasteiger partial charge is 0.266 e. The molecule has 0 unspecified atom stereocenters. The van der Waals surface area contributed by atoms with Crippen LogP contribution < -0.4 is 10.2 Å². The van der Waals surface area contributed by atoms with E-state index in [-0.39, 0.29) is 0 Å². The number of likely N-dealkylation sites (N-methyl/N-ethyl adjacent to an activating group) is 1. The first kappa shape index (κ1) is 14.3. The number of anilines is 1. The second-order valence-corrected chi connectivity index (χ2v) is 5.49. The Balaban J connectivity index is 1.75. The fourth-order valence-corrected chi connectivity index (χ4v) is 2.11. The zero-order chi connectivity index (χ0) is 13.7. The van der Waals surface area contributed by atoms with E-state index in [1.807, 2.05) is 0 Å². The van der Waals surface area contributed by atoms with Crippen molar-refractivity contribution in [2.45, 2.75) is 32.7 Å². The highest BCUT2D eigenvalue weighted by molar-refractivity contribution is 5.28. The first-order chi connectivity index (χ1) is 9.15. The molecule has 0 amide bonds. The summed E-state index contributed by atoms with van der Waals surface area (Å²) in [6, 6.07) is 0.531. The molecular formula is C13H25N5O. The number of hydrogen-bond donors (Lipinski definition) is 1. The predicted octanol–water partition coefficient (Wildman–Crippen LogP) is 0.752. The molecule has 1 saturated heterocycles. The molecule has 108 valence electrons. The average molecular weight is 267 g/mol. The zero-order valence-electron chi connectivity index (χ0n) is 12.2. The third-order valence-electron chi connectivity index (χ3n) is 3.36. The molecule has 0 aromatic carbocycles. The largest absolute Gasteiger partial charge is 0.337 e. The number of hydrogen-bond acceptors (Lipinski definition) is 6. The molecule has 0 aliphatic carbocycles. The Morgan fingerprint density at radius 1 is 1.26 bits per heavy atom. The van der Waals surface area contributed by atoms with E-state index in [0.29, 0.717) is 6.04 Å². The molecule has 6 heteroatoms. The number of nitrogens with one attached hydrogen (secondary N) is 1. The maximum Gasteiger partial charge on any atom is 0.266 e. The summed E-state index contributed by atoms with van der Waals surface area (Å²) >= 11 is 0. The normalized spacial score (nSPS) is 17.4. The number of piperazine rings is 1. The van der Waals surface area contributed by atoms with E-state index in [4.69, 9.17) is 4.52 Å². The molecule has 2 heterocycles. The summed E-state index contributed by atoms with van der Waals surface area (Å²) in [5.74, 6) is 1.50. The van der Waals surface area contributed by atoms with Crippen LogP contribution in [0.5, 0.6) is 0 Å². The van der Waals surface area contributed by atoms with Gasteiger partial charge in [0.25, 0.3) is 5.95 Å². The van der Waals surface area contributed by atoms with E-state index in [0.717, 1.165) is 57.4 Å². The molecule has 1 aliphatic rings. The van der Waals surface area contributed by atoms with Crippen molar-refractivity contribution in [1.82, 2.24) is 20.4 Å². The summed E-state index contributed by atoms with van der Waals surface area (Å²) in [4.78, 5) is 8.99. The van der Waals surface area contributed by atoms with Crippen LogP contribution in [0.2, 0.25) is 0 Å². The lowest BCUT2D eigenvalue weighted by atomic mass is 10.3. The van der Waals surface area contributed by atoms with Crippen LogP contribution in [-0.4, -0.2) is 60.9 Å². The van der Waals surface area contributed by atoms with E-state index in [1.54, 1.807) is 0 Å². The molecule has 1 fully saturated rings. The summed E-state index contributed by atoms with van der Waals surface area (Å²) in [6.45, 7) is 9.36. The Labute approximate surface area is 115 Å². The Kier molecular flexibility index (Phi) is 5.15. The molecule has 0 atom stereocenters. The Morgan fingerprint density at radius 3 is 2.68 bits per heavy atom.